The van der Waals surface area contributed by atoms with E-state index in [-0.39, 0.29) is 28.9 Å². The van der Waals surface area contributed by atoms with Gasteiger partial charge in [0, 0.05) is 22.8 Å². The molecule has 0 aliphatic carbocycles. The van der Waals surface area contributed by atoms with Crippen LogP contribution < -0.4 is 10.9 Å². The van der Waals surface area contributed by atoms with E-state index >= 15 is 0 Å². The molecule has 134 valence electrons. The molecule has 3 aromatic rings. The third-order valence-corrected chi connectivity index (χ3v) is 4.13. The molecule has 1 aromatic heterocycles. The van der Waals surface area contributed by atoms with Crippen LogP contribution >= 0.6 is 11.6 Å². The standard InChI is InChI=1S/C20H13ClFN3O2/c21-16-7-5-13(10-23)18(9-16)24-20(27)15-6-8-19(26)25(12-15)11-14-3-1-2-4-17(14)22/h1-9,12H,11H2,(H,24,27). The number of hydrogen-bond donors (Lipinski definition) is 1. The number of rotatable bonds is 4. The summed E-state index contributed by atoms with van der Waals surface area (Å²) in [7, 11) is 0. The minimum Gasteiger partial charge on any atom is -0.321 e. The lowest BCUT2D eigenvalue weighted by atomic mass is 10.1. The van der Waals surface area contributed by atoms with Crippen LogP contribution in [-0.4, -0.2) is 10.5 Å². The molecule has 1 heterocycles. The molecule has 3 rings (SSSR count). The molecule has 0 atom stereocenters. The SMILES string of the molecule is N#Cc1ccc(Cl)cc1NC(=O)c1ccc(=O)n(Cc2ccccc2F)c1. The fourth-order valence-electron chi connectivity index (χ4n) is 2.51. The lowest BCUT2D eigenvalue weighted by Gasteiger charge is -2.11. The topological polar surface area (TPSA) is 74.9 Å². The fraction of sp³-hybridized carbons (Fsp3) is 0.0500. The van der Waals surface area contributed by atoms with Crippen LogP contribution in [0, 0.1) is 17.1 Å². The molecule has 7 heteroatoms. The largest absolute Gasteiger partial charge is 0.321 e. The van der Waals surface area contributed by atoms with E-state index in [1.807, 2.05) is 6.07 Å². The van der Waals surface area contributed by atoms with Crippen molar-refractivity contribution in [2.24, 2.45) is 0 Å². The van der Waals surface area contributed by atoms with Crippen molar-refractivity contribution in [3.8, 4) is 6.07 Å². The van der Waals surface area contributed by atoms with Gasteiger partial charge in [-0.1, -0.05) is 29.8 Å². The zero-order valence-corrected chi connectivity index (χ0v) is 14.7. The lowest BCUT2D eigenvalue weighted by molar-refractivity contribution is 0.102. The molecule has 1 N–H and O–H groups in total. The monoisotopic (exact) mass is 381 g/mol. The number of carbonyl (C=O) groups is 1. The summed E-state index contributed by atoms with van der Waals surface area (Å²) in [6, 6.07) is 15.2. The first-order chi connectivity index (χ1) is 13.0. The van der Waals surface area contributed by atoms with E-state index in [0.29, 0.717) is 10.6 Å². The van der Waals surface area contributed by atoms with Crippen molar-refractivity contribution in [3.05, 3.63) is 98.7 Å². The normalized spacial score (nSPS) is 10.3. The number of nitriles is 1. The zero-order chi connectivity index (χ0) is 19.4. The quantitative estimate of drug-likeness (QED) is 0.746. The Morgan fingerprint density at radius 1 is 1.19 bits per heavy atom. The molecule has 0 fully saturated rings. The smallest absolute Gasteiger partial charge is 0.257 e. The van der Waals surface area contributed by atoms with Gasteiger partial charge in [0.1, 0.15) is 11.9 Å². The van der Waals surface area contributed by atoms with Gasteiger partial charge in [0.2, 0.25) is 0 Å². The molecule has 0 bridgehead atoms. The predicted molar refractivity (Wildman–Crippen MR) is 100 cm³/mol. The van der Waals surface area contributed by atoms with Gasteiger partial charge in [-0.05, 0) is 30.3 Å². The Balaban J connectivity index is 1.89. The molecule has 0 spiro atoms. The molecule has 2 aromatic carbocycles. The van der Waals surface area contributed by atoms with E-state index in [4.69, 9.17) is 16.9 Å². The summed E-state index contributed by atoms with van der Waals surface area (Å²) in [5.41, 5.74) is 0.679. The third kappa shape index (κ3) is 4.22. The van der Waals surface area contributed by atoms with E-state index in [2.05, 4.69) is 5.32 Å². The number of anilines is 1. The maximum atomic E-state index is 13.8. The first-order valence-corrected chi connectivity index (χ1v) is 8.30. The third-order valence-electron chi connectivity index (χ3n) is 3.89. The van der Waals surface area contributed by atoms with Gasteiger partial charge in [0.25, 0.3) is 11.5 Å². The fourth-order valence-corrected chi connectivity index (χ4v) is 2.68. The minimum absolute atomic E-state index is 0.00671. The van der Waals surface area contributed by atoms with Crippen LogP contribution in [0.3, 0.4) is 0 Å². The number of hydrogen-bond acceptors (Lipinski definition) is 3. The van der Waals surface area contributed by atoms with Crippen molar-refractivity contribution in [2.75, 3.05) is 5.32 Å². The average molecular weight is 382 g/mol. The van der Waals surface area contributed by atoms with Gasteiger partial charge in [-0.25, -0.2) is 4.39 Å². The van der Waals surface area contributed by atoms with Crippen molar-refractivity contribution in [3.63, 3.8) is 0 Å². The van der Waals surface area contributed by atoms with Crippen LogP contribution in [0.1, 0.15) is 21.5 Å². The van der Waals surface area contributed by atoms with E-state index in [1.165, 1.54) is 41.1 Å². The van der Waals surface area contributed by atoms with Crippen molar-refractivity contribution >= 4 is 23.2 Å². The second kappa shape index (κ2) is 7.85. The zero-order valence-electron chi connectivity index (χ0n) is 13.9. The molecule has 27 heavy (non-hydrogen) atoms. The summed E-state index contributed by atoms with van der Waals surface area (Å²) in [6.45, 7) is -0.00671. The number of nitrogens with zero attached hydrogens (tertiary/aromatic N) is 2. The van der Waals surface area contributed by atoms with Crippen LogP contribution in [0.15, 0.2) is 65.6 Å². The summed E-state index contributed by atoms with van der Waals surface area (Å²) < 4.78 is 15.1. The Hall–Kier alpha value is -3.43. The highest BCUT2D eigenvalue weighted by Gasteiger charge is 2.12. The maximum absolute atomic E-state index is 13.8. The van der Waals surface area contributed by atoms with E-state index in [9.17, 15) is 14.0 Å². The van der Waals surface area contributed by atoms with Gasteiger partial charge in [-0.15, -0.1) is 0 Å². The van der Waals surface area contributed by atoms with Crippen LogP contribution in [-0.2, 0) is 6.54 Å². The summed E-state index contributed by atoms with van der Waals surface area (Å²) in [6.07, 6.45) is 1.35. The molecule has 0 saturated carbocycles. The second-order valence-corrected chi connectivity index (χ2v) is 6.17. The highest BCUT2D eigenvalue weighted by molar-refractivity contribution is 6.31. The number of pyridine rings is 1. The van der Waals surface area contributed by atoms with Gasteiger partial charge in [-0.3, -0.25) is 9.59 Å². The first kappa shape index (κ1) is 18.4. The second-order valence-electron chi connectivity index (χ2n) is 5.73. The Morgan fingerprint density at radius 3 is 2.70 bits per heavy atom. The Kier molecular flexibility index (Phi) is 5.34. The van der Waals surface area contributed by atoms with Crippen LogP contribution in [0.4, 0.5) is 10.1 Å². The molecule has 0 unspecified atom stereocenters. The summed E-state index contributed by atoms with van der Waals surface area (Å²) >= 11 is 5.91. The Morgan fingerprint density at radius 2 is 1.96 bits per heavy atom. The van der Waals surface area contributed by atoms with Gasteiger partial charge in [0.05, 0.1) is 23.4 Å². The molecule has 0 radical (unpaired) electrons. The molecule has 0 aliphatic heterocycles. The lowest BCUT2D eigenvalue weighted by Crippen LogP contribution is -2.23. The highest BCUT2D eigenvalue weighted by atomic mass is 35.5. The van der Waals surface area contributed by atoms with Crippen molar-refractivity contribution in [1.29, 1.82) is 5.26 Å². The molecule has 5 nitrogen and oxygen atoms in total. The van der Waals surface area contributed by atoms with Gasteiger partial charge in [0.15, 0.2) is 0 Å². The predicted octanol–water partition coefficient (Wildman–Crippen LogP) is 3.81. The summed E-state index contributed by atoms with van der Waals surface area (Å²) in [4.78, 5) is 24.6. The van der Waals surface area contributed by atoms with Crippen LogP contribution in [0.25, 0.3) is 0 Å². The number of amides is 1. The van der Waals surface area contributed by atoms with Gasteiger partial charge in [-0.2, -0.15) is 5.26 Å². The Bertz CT molecular complexity index is 1120. The van der Waals surface area contributed by atoms with E-state index < -0.39 is 11.7 Å². The summed E-state index contributed by atoms with van der Waals surface area (Å²) in [5, 5.41) is 12.1. The van der Waals surface area contributed by atoms with E-state index in [0.717, 1.165) is 0 Å². The van der Waals surface area contributed by atoms with Crippen molar-refractivity contribution < 1.29 is 9.18 Å². The van der Waals surface area contributed by atoms with Crippen molar-refractivity contribution in [2.45, 2.75) is 6.54 Å². The molecular weight excluding hydrogens is 369 g/mol. The minimum atomic E-state index is -0.518. The number of benzene rings is 2. The molecule has 0 saturated heterocycles. The number of carbonyl (C=O) groups excluding carboxylic acids is 1. The van der Waals surface area contributed by atoms with Crippen LogP contribution in [0.5, 0.6) is 0 Å². The molecule has 1 amide bonds. The highest BCUT2D eigenvalue weighted by Crippen LogP contribution is 2.21. The first-order valence-electron chi connectivity index (χ1n) is 7.93. The number of halogens is 2. The molecule has 0 aliphatic rings. The van der Waals surface area contributed by atoms with Crippen molar-refractivity contribution in [1.82, 2.24) is 4.57 Å². The number of aromatic nitrogens is 1. The molecular formula is C20H13ClFN3O2. The maximum Gasteiger partial charge on any atom is 0.257 e. The van der Waals surface area contributed by atoms with Gasteiger partial charge >= 0.3 is 0 Å². The Labute approximate surface area is 159 Å². The van der Waals surface area contributed by atoms with Crippen LogP contribution in [0.2, 0.25) is 5.02 Å². The van der Waals surface area contributed by atoms with E-state index in [1.54, 1.807) is 24.3 Å². The summed E-state index contributed by atoms with van der Waals surface area (Å²) in [5.74, 6) is -0.951. The average Bonchev–Trinajstić information content (AvgIpc) is 2.65. The number of nitrogens with one attached hydrogen (secondary N) is 1. The van der Waals surface area contributed by atoms with Gasteiger partial charge < -0.3 is 9.88 Å².